The molecule has 1 aliphatic rings. The van der Waals surface area contributed by atoms with Gasteiger partial charge >= 0.3 is 5.97 Å². The van der Waals surface area contributed by atoms with Crippen molar-refractivity contribution in [1.82, 2.24) is 0 Å². The lowest BCUT2D eigenvalue weighted by Crippen LogP contribution is -2.29. The quantitative estimate of drug-likeness (QED) is 0.618. The third kappa shape index (κ3) is 3.31. The SMILES string of the molecule is O=C(Nc1ccccc1C(=O)O)c1ccc2c(c1)C(=O)N(c1ccc(Cl)cc1)C2=O. The highest BCUT2D eigenvalue weighted by atomic mass is 35.5. The molecule has 3 amide bonds. The fraction of sp³-hybridized carbons (Fsp3) is 0. The molecule has 0 fully saturated rings. The van der Waals surface area contributed by atoms with Gasteiger partial charge in [0.2, 0.25) is 0 Å². The average Bonchev–Trinajstić information content (AvgIpc) is 2.99. The Morgan fingerprint density at radius 1 is 0.867 bits per heavy atom. The van der Waals surface area contributed by atoms with Crippen molar-refractivity contribution >= 4 is 46.7 Å². The average molecular weight is 421 g/mol. The molecule has 3 aromatic carbocycles. The van der Waals surface area contributed by atoms with E-state index >= 15 is 0 Å². The molecule has 1 heterocycles. The van der Waals surface area contributed by atoms with Crippen LogP contribution in [0.2, 0.25) is 5.02 Å². The van der Waals surface area contributed by atoms with Gasteiger partial charge in [-0.15, -0.1) is 0 Å². The van der Waals surface area contributed by atoms with Gasteiger partial charge in [-0.1, -0.05) is 23.7 Å². The summed E-state index contributed by atoms with van der Waals surface area (Å²) < 4.78 is 0. The molecule has 0 unspecified atom stereocenters. The number of hydrogen-bond donors (Lipinski definition) is 2. The summed E-state index contributed by atoms with van der Waals surface area (Å²) in [4.78, 5) is 50.5. The Hall–Kier alpha value is -3.97. The number of fused-ring (bicyclic) bond motifs is 1. The van der Waals surface area contributed by atoms with Crippen LogP contribution in [0.15, 0.2) is 66.7 Å². The van der Waals surface area contributed by atoms with Crippen LogP contribution in [0.25, 0.3) is 0 Å². The highest BCUT2D eigenvalue weighted by Crippen LogP contribution is 2.30. The number of carboxylic acids is 1. The van der Waals surface area contributed by atoms with Gasteiger partial charge in [0.25, 0.3) is 17.7 Å². The Balaban J connectivity index is 1.64. The number of amides is 3. The summed E-state index contributed by atoms with van der Waals surface area (Å²) in [7, 11) is 0. The van der Waals surface area contributed by atoms with E-state index in [1.165, 1.54) is 30.3 Å². The van der Waals surface area contributed by atoms with Gasteiger partial charge < -0.3 is 10.4 Å². The monoisotopic (exact) mass is 420 g/mol. The molecule has 1 aliphatic heterocycles. The number of para-hydroxylation sites is 1. The maximum absolute atomic E-state index is 12.8. The Bertz CT molecular complexity index is 1220. The number of carbonyl (C=O) groups is 4. The third-order valence-corrected chi connectivity index (χ3v) is 4.89. The second kappa shape index (κ2) is 7.46. The molecule has 7 nitrogen and oxygen atoms in total. The van der Waals surface area contributed by atoms with E-state index in [0.29, 0.717) is 10.7 Å². The topological polar surface area (TPSA) is 104 Å². The summed E-state index contributed by atoms with van der Waals surface area (Å²) in [6, 6.07) is 16.4. The lowest BCUT2D eigenvalue weighted by atomic mass is 10.0. The van der Waals surface area contributed by atoms with Crippen LogP contribution in [0.5, 0.6) is 0 Å². The van der Waals surface area contributed by atoms with Crippen molar-refractivity contribution < 1.29 is 24.3 Å². The number of benzene rings is 3. The summed E-state index contributed by atoms with van der Waals surface area (Å²) in [6.45, 7) is 0. The van der Waals surface area contributed by atoms with Crippen molar-refractivity contribution in [2.45, 2.75) is 0 Å². The maximum Gasteiger partial charge on any atom is 0.337 e. The van der Waals surface area contributed by atoms with Crippen LogP contribution < -0.4 is 10.2 Å². The molecule has 0 saturated carbocycles. The van der Waals surface area contributed by atoms with Crippen molar-refractivity contribution in [2.75, 3.05) is 10.2 Å². The largest absolute Gasteiger partial charge is 0.478 e. The molecular weight excluding hydrogens is 408 g/mol. The molecule has 4 rings (SSSR count). The van der Waals surface area contributed by atoms with Gasteiger partial charge in [0, 0.05) is 10.6 Å². The van der Waals surface area contributed by atoms with Crippen LogP contribution in [0.3, 0.4) is 0 Å². The molecule has 0 aromatic heterocycles. The van der Waals surface area contributed by atoms with Crippen molar-refractivity contribution in [3.63, 3.8) is 0 Å². The molecule has 148 valence electrons. The number of nitrogens with one attached hydrogen (secondary N) is 1. The molecule has 0 radical (unpaired) electrons. The molecular formula is C22H13ClN2O5. The summed E-state index contributed by atoms with van der Waals surface area (Å²) >= 11 is 5.86. The normalized spacial score (nSPS) is 12.6. The Morgan fingerprint density at radius 3 is 2.23 bits per heavy atom. The minimum atomic E-state index is -1.18. The Morgan fingerprint density at radius 2 is 1.53 bits per heavy atom. The zero-order valence-corrected chi connectivity index (χ0v) is 16.0. The van der Waals surface area contributed by atoms with E-state index in [4.69, 9.17) is 11.6 Å². The smallest absolute Gasteiger partial charge is 0.337 e. The van der Waals surface area contributed by atoms with E-state index in [2.05, 4.69) is 5.32 Å². The fourth-order valence-electron chi connectivity index (χ4n) is 3.18. The number of hydrogen-bond acceptors (Lipinski definition) is 4. The predicted molar refractivity (Wildman–Crippen MR) is 110 cm³/mol. The van der Waals surface area contributed by atoms with Crippen molar-refractivity contribution in [3.05, 3.63) is 94.0 Å². The van der Waals surface area contributed by atoms with Gasteiger partial charge in [-0.3, -0.25) is 14.4 Å². The second-order valence-corrected chi connectivity index (χ2v) is 6.92. The first-order valence-corrected chi connectivity index (χ1v) is 9.16. The molecule has 0 atom stereocenters. The standard InChI is InChI=1S/C22H13ClN2O5/c23-13-6-8-14(9-7-13)25-20(27)15-10-5-12(11-17(15)21(25)28)19(26)24-18-4-2-1-3-16(18)22(29)30/h1-11H,(H,24,26)(H,29,30). The summed E-state index contributed by atoms with van der Waals surface area (Å²) in [5.74, 6) is -2.84. The first-order chi connectivity index (χ1) is 14.4. The van der Waals surface area contributed by atoms with Crippen LogP contribution in [0.4, 0.5) is 11.4 Å². The summed E-state index contributed by atoms with van der Waals surface area (Å²) in [6.07, 6.45) is 0. The fourth-order valence-corrected chi connectivity index (χ4v) is 3.31. The predicted octanol–water partition coefficient (Wildman–Crippen LogP) is 4.09. The number of halogens is 1. The molecule has 0 spiro atoms. The minimum absolute atomic E-state index is 0.0628. The van der Waals surface area contributed by atoms with E-state index in [0.717, 1.165) is 4.90 Å². The van der Waals surface area contributed by atoms with Crippen LogP contribution in [0.1, 0.15) is 41.4 Å². The Labute approximate surface area is 175 Å². The van der Waals surface area contributed by atoms with Gasteiger partial charge in [0.05, 0.1) is 28.1 Å². The lowest BCUT2D eigenvalue weighted by molar-refractivity contribution is 0.0697. The number of nitrogens with zero attached hydrogens (tertiary/aromatic N) is 1. The third-order valence-electron chi connectivity index (χ3n) is 4.64. The van der Waals surface area contributed by atoms with Crippen LogP contribution in [-0.2, 0) is 0 Å². The summed E-state index contributed by atoms with van der Waals surface area (Å²) in [5.41, 5.74) is 0.819. The Kier molecular flexibility index (Phi) is 4.81. The van der Waals surface area contributed by atoms with E-state index < -0.39 is 23.7 Å². The van der Waals surface area contributed by atoms with Gasteiger partial charge in [-0.05, 0) is 54.6 Å². The van der Waals surface area contributed by atoms with Gasteiger partial charge in [-0.2, -0.15) is 0 Å². The molecule has 0 saturated heterocycles. The van der Waals surface area contributed by atoms with E-state index in [1.54, 1.807) is 36.4 Å². The molecule has 2 N–H and O–H groups in total. The maximum atomic E-state index is 12.8. The first-order valence-electron chi connectivity index (χ1n) is 8.79. The van der Waals surface area contributed by atoms with Gasteiger partial charge in [-0.25, -0.2) is 9.69 Å². The molecule has 3 aromatic rings. The molecule has 0 aliphatic carbocycles. The van der Waals surface area contributed by atoms with Crippen molar-refractivity contribution in [1.29, 1.82) is 0 Å². The van der Waals surface area contributed by atoms with Crippen LogP contribution in [-0.4, -0.2) is 28.8 Å². The van der Waals surface area contributed by atoms with Crippen molar-refractivity contribution in [2.24, 2.45) is 0 Å². The van der Waals surface area contributed by atoms with Crippen LogP contribution >= 0.6 is 11.6 Å². The van der Waals surface area contributed by atoms with E-state index in [9.17, 15) is 24.3 Å². The number of rotatable bonds is 4. The van der Waals surface area contributed by atoms with Gasteiger partial charge in [0.1, 0.15) is 0 Å². The van der Waals surface area contributed by atoms with Crippen LogP contribution in [0, 0.1) is 0 Å². The van der Waals surface area contributed by atoms with E-state index in [1.807, 2.05) is 0 Å². The lowest BCUT2D eigenvalue weighted by Gasteiger charge is -2.13. The zero-order chi connectivity index (χ0) is 21.4. The molecule has 8 heteroatoms. The summed E-state index contributed by atoms with van der Waals surface area (Å²) in [5, 5.41) is 12.2. The number of carbonyl (C=O) groups excluding carboxylic acids is 3. The highest BCUT2D eigenvalue weighted by Gasteiger charge is 2.37. The van der Waals surface area contributed by atoms with Crippen molar-refractivity contribution in [3.8, 4) is 0 Å². The zero-order valence-electron chi connectivity index (χ0n) is 15.3. The highest BCUT2D eigenvalue weighted by molar-refractivity contribution is 6.35. The number of anilines is 2. The first kappa shape index (κ1) is 19.4. The molecule has 30 heavy (non-hydrogen) atoms. The number of carboxylic acid groups (broad SMARTS) is 1. The number of imide groups is 1. The number of aromatic carboxylic acids is 1. The van der Waals surface area contributed by atoms with Gasteiger partial charge in [0.15, 0.2) is 0 Å². The van der Waals surface area contributed by atoms with E-state index in [-0.39, 0.29) is 27.9 Å². The second-order valence-electron chi connectivity index (χ2n) is 6.49. The molecule has 0 bridgehead atoms. The minimum Gasteiger partial charge on any atom is -0.478 e.